The van der Waals surface area contributed by atoms with E-state index in [1.165, 1.54) is 63.2 Å². The van der Waals surface area contributed by atoms with Crippen LogP contribution in [0.25, 0.3) is 0 Å². The zero-order valence-corrected chi connectivity index (χ0v) is 13.8. The van der Waals surface area contributed by atoms with Gasteiger partial charge in [0.15, 0.2) is 5.16 Å². The van der Waals surface area contributed by atoms with E-state index in [0.29, 0.717) is 16.8 Å². The lowest BCUT2D eigenvalue weighted by atomic mass is 9.94. The Morgan fingerprint density at radius 2 is 2.23 bits per heavy atom. The molecule has 7 heteroatoms. The summed E-state index contributed by atoms with van der Waals surface area (Å²) in [6.45, 7) is 3.16. The summed E-state index contributed by atoms with van der Waals surface area (Å²) in [5, 5.41) is 10.3. The van der Waals surface area contributed by atoms with Gasteiger partial charge in [-0.25, -0.2) is 4.98 Å². The lowest BCUT2D eigenvalue weighted by molar-refractivity contribution is -0.118. The maximum absolute atomic E-state index is 11.9. The molecule has 22 heavy (non-hydrogen) atoms. The topological polar surface area (TPSA) is 73.9 Å². The Hall–Kier alpha value is -1.08. The minimum atomic E-state index is 0.0810. The summed E-state index contributed by atoms with van der Waals surface area (Å²) >= 11 is 1.39. The highest BCUT2D eigenvalue weighted by atomic mass is 32.2. The first-order chi connectivity index (χ1) is 10.8. The molecule has 0 bridgehead atoms. The lowest BCUT2D eigenvalue weighted by Crippen LogP contribution is -2.36. The Bertz CT molecular complexity index is 461. The van der Waals surface area contributed by atoms with Crippen molar-refractivity contribution in [2.24, 2.45) is 5.92 Å². The molecule has 1 aliphatic heterocycles. The fraction of sp³-hybridized carbons (Fsp3) is 0.800. The standard InChI is InChI=1S/C15H25N5OS/c21-14(10-22-15-17-11-18-19-15)16-8-12-6-7-20(9-12)13-4-2-1-3-5-13/h11-13H,1-10H2,(H,16,21)(H,17,18,19)/t12-/m1/s1. The van der Waals surface area contributed by atoms with Gasteiger partial charge in [-0.05, 0) is 31.7 Å². The largest absolute Gasteiger partial charge is 0.355 e. The number of aromatic nitrogens is 3. The van der Waals surface area contributed by atoms with Gasteiger partial charge >= 0.3 is 0 Å². The molecule has 1 atom stereocenters. The molecular formula is C15H25N5OS. The first kappa shape index (κ1) is 15.8. The van der Waals surface area contributed by atoms with E-state index in [4.69, 9.17) is 0 Å². The van der Waals surface area contributed by atoms with Gasteiger partial charge in [0, 0.05) is 19.1 Å². The zero-order chi connectivity index (χ0) is 15.2. The Kier molecular flexibility index (Phi) is 5.72. The summed E-state index contributed by atoms with van der Waals surface area (Å²) < 4.78 is 0. The van der Waals surface area contributed by atoms with Gasteiger partial charge in [0.05, 0.1) is 5.75 Å². The number of nitrogens with zero attached hydrogens (tertiary/aromatic N) is 3. The number of aromatic amines is 1. The van der Waals surface area contributed by atoms with Crippen molar-refractivity contribution in [2.45, 2.75) is 49.7 Å². The number of H-pyrrole nitrogens is 1. The summed E-state index contributed by atoms with van der Waals surface area (Å²) in [7, 11) is 0. The highest BCUT2D eigenvalue weighted by Gasteiger charge is 2.29. The SMILES string of the molecule is O=C(CSc1ncn[nH]1)NC[C@H]1CCN(C2CCCCC2)C1. The summed E-state index contributed by atoms with van der Waals surface area (Å²) in [6.07, 6.45) is 9.60. The van der Waals surface area contributed by atoms with Crippen molar-refractivity contribution in [1.29, 1.82) is 0 Å². The van der Waals surface area contributed by atoms with Crippen molar-refractivity contribution in [3.8, 4) is 0 Å². The first-order valence-corrected chi connectivity index (χ1v) is 9.29. The van der Waals surface area contributed by atoms with Gasteiger partial charge in [-0.1, -0.05) is 31.0 Å². The van der Waals surface area contributed by atoms with Crippen LogP contribution in [0.5, 0.6) is 0 Å². The number of carbonyl (C=O) groups excluding carboxylic acids is 1. The predicted molar refractivity (Wildman–Crippen MR) is 86.7 cm³/mol. The number of amides is 1. The quantitative estimate of drug-likeness (QED) is 0.779. The van der Waals surface area contributed by atoms with Crippen LogP contribution in [-0.4, -0.2) is 57.4 Å². The second-order valence-electron chi connectivity index (χ2n) is 6.32. The van der Waals surface area contributed by atoms with E-state index < -0.39 is 0 Å². The third-order valence-corrected chi connectivity index (χ3v) is 5.61. The van der Waals surface area contributed by atoms with Crippen molar-refractivity contribution >= 4 is 17.7 Å². The number of likely N-dealkylation sites (tertiary alicyclic amines) is 1. The molecule has 0 radical (unpaired) electrons. The minimum absolute atomic E-state index is 0.0810. The van der Waals surface area contributed by atoms with Crippen molar-refractivity contribution < 1.29 is 4.79 Å². The van der Waals surface area contributed by atoms with E-state index in [-0.39, 0.29) is 5.91 Å². The molecule has 2 N–H and O–H groups in total. The van der Waals surface area contributed by atoms with Gasteiger partial charge in [-0.15, -0.1) is 0 Å². The second-order valence-corrected chi connectivity index (χ2v) is 7.29. The summed E-state index contributed by atoms with van der Waals surface area (Å²) in [5.74, 6) is 1.09. The first-order valence-electron chi connectivity index (χ1n) is 8.30. The molecule has 1 saturated heterocycles. The molecule has 122 valence electrons. The van der Waals surface area contributed by atoms with Crippen molar-refractivity contribution in [3.05, 3.63) is 6.33 Å². The van der Waals surface area contributed by atoms with E-state index in [1.807, 2.05) is 0 Å². The third kappa shape index (κ3) is 4.46. The van der Waals surface area contributed by atoms with Crippen LogP contribution in [0.2, 0.25) is 0 Å². The van der Waals surface area contributed by atoms with E-state index >= 15 is 0 Å². The highest BCUT2D eigenvalue weighted by Crippen LogP contribution is 2.27. The average Bonchev–Trinajstić information content (AvgIpc) is 3.23. The fourth-order valence-electron chi connectivity index (χ4n) is 3.51. The van der Waals surface area contributed by atoms with Crippen molar-refractivity contribution in [3.63, 3.8) is 0 Å². The van der Waals surface area contributed by atoms with Crippen LogP contribution in [0.1, 0.15) is 38.5 Å². The van der Waals surface area contributed by atoms with Crippen LogP contribution < -0.4 is 5.32 Å². The summed E-state index contributed by atoms with van der Waals surface area (Å²) in [6, 6.07) is 0.802. The molecule has 0 spiro atoms. The number of hydrogen-bond donors (Lipinski definition) is 2. The van der Waals surface area contributed by atoms with Crippen LogP contribution in [0.15, 0.2) is 11.5 Å². The van der Waals surface area contributed by atoms with E-state index in [1.54, 1.807) is 0 Å². The molecule has 3 rings (SSSR count). The molecule has 6 nitrogen and oxygen atoms in total. The van der Waals surface area contributed by atoms with Crippen molar-refractivity contribution in [1.82, 2.24) is 25.4 Å². The number of rotatable bonds is 6. The zero-order valence-electron chi connectivity index (χ0n) is 13.0. The molecule has 0 unspecified atom stereocenters. The van der Waals surface area contributed by atoms with Gasteiger partial charge in [0.1, 0.15) is 6.33 Å². The fourth-order valence-corrected chi connectivity index (χ4v) is 4.12. The molecule has 1 aromatic heterocycles. The van der Waals surface area contributed by atoms with Gasteiger partial charge in [0.25, 0.3) is 0 Å². The van der Waals surface area contributed by atoms with Crippen LogP contribution in [-0.2, 0) is 4.79 Å². The molecule has 2 heterocycles. The van der Waals surface area contributed by atoms with Crippen molar-refractivity contribution in [2.75, 3.05) is 25.4 Å². The molecule has 2 fully saturated rings. The molecule has 2 aliphatic rings. The molecule has 1 saturated carbocycles. The Morgan fingerprint density at radius 3 is 3.00 bits per heavy atom. The van der Waals surface area contributed by atoms with E-state index in [2.05, 4.69) is 25.4 Å². The third-order valence-electron chi connectivity index (χ3n) is 4.73. The van der Waals surface area contributed by atoms with Crippen LogP contribution in [0.3, 0.4) is 0 Å². The van der Waals surface area contributed by atoms with Crippen LogP contribution >= 0.6 is 11.8 Å². The smallest absolute Gasteiger partial charge is 0.230 e. The number of thioether (sulfide) groups is 1. The van der Waals surface area contributed by atoms with E-state index in [0.717, 1.165) is 19.1 Å². The molecule has 0 aromatic carbocycles. The number of carbonyl (C=O) groups is 1. The maximum atomic E-state index is 11.9. The molecule has 1 aromatic rings. The normalized spacial score (nSPS) is 23.7. The number of nitrogens with one attached hydrogen (secondary N) is 2. The summed E-state index contributed by atoms with van der Waals surface area (Å²) in [4.78, 5) is 18.5. The van der Waals surface area contributed by atoms with Crippen LogP contribution in [0.4, 0.5) is 0 Å². The average molecular weight is 323 g/mol. The Morgan fingerprint density at radius 1 is 1.36 bits per heavy atom. The van der Waals surface area contributed by atoms with Crippen LogP contribution in [0, 0.1) is 5.92 Å². The van der Waals surface area contributed by atoms with E-state index in [9.17, 15) is 4.79 Å². The Labute approximate surface area is 135 Å². The minimum Gasteiger partial charge on any atom is -0.355 e. The molecule has 1 aliphatic carbocycles. The predicted octanol–water partition coefficient (Wildman–Crippen LogP) is 1.67. The van der Waals surface area contributed by atoms with Gasteiger partial charge in [-0.2, -0.15) is 5.10 Å². The van der Waals surface area contributed by atoms with Gasteiger partial charge in [-0.3, -0.25) is 9.89 Å². The van der Waals surface area contributed by atoms with Gasteiger partial charge < -0.3 is 10.2 Å². The highest BCUT2D eigenvalue weighted by molar-refractivity contribution is 7.99. The molecular weight excluding hydrogens is 298 g/mol. The monoisotopic (exact) mass is 323 g/mol. The maximum Gasteiger partial charge on any atom is 0.230 e. The lowest BCUT2D eigenvalue weighted by Gasteiger charge is -2.31. The second kappa shape index (κ2) is 7.97. The molecule has 1 amide bonds. The number of hydrogen-bond acceptors (Lipinski definition) is 5. The Balaban J connectivity index is 1.33. The van der Waals surface area contributed by atoms with Gasteiger partial charge in [0.2, 0.25) is 5.91 Å². The summed E-state index contributed by atoms with van der Waals surface area (Å²) in [5.41, 5.74) is 0.